The van der Waals surface area contributed by atoms with E-state index in [1.54, 1.807) is 0 Å². The van der Waals surface area contributed by atoms with Gasteiger partial charge in [-0.1, -0.05) is 18.2 Å². The Bertz CT molecular complexity index is 374. The number of hydrogen-bond acceptors (Lipinski definition) is 1. The van der Waals surface area contributed by atoms with E-state index in [1.807, 2.05) is 31.3 Å². The molecule has 0 unspecified atom stereocenters. The summed E-state index contributed by atoms with van der Waals surface area (Å²) in [7, 11) is 0. The van der Waals surface area contributed by atoms with E-state index in [2.05, 4.69) is 17.1 Å². The quantitative estimate of drug-likeness (QED) is 0.550. The molecule has 1 radical (unpaired) electrons. The van der Waals surface area contributed by atoms with Crippen molar-refractivity contribution in [3.63, 3.8) is 0 Å². The molecule has 0 aliphatic heterocycles. The van der Waals surface area contributed by atoms with Crippen LogP contribution < -0.4 is 0 Å². The van der Waals surface area contributed by atoms with Crippen molar-refractivity contribution in [3.05, 3.63) is 42.1 Å². The Labute approximate surface area is 65.7 Å². The fourth-order valence-corrected chi connectivity index (χ4v) is 1.19. The van der Waals surface area contributed by atoms with Gasteiger partial charge in [0, 0.05) is 11.6 Å². The maximum Gasteiger partial charge on any atom is 0.0737 e. The molecule has 1 heteroatoms. The van der Waals surface area contributed by atoms with Crippen molar-refractivity contribution in [2.24, 2.45) is 0 Å². The number of nitrogens with zero attached hydrogens (tertiary/aromatic N) is 1. The number of aryl methyl sites for hydroxylation is 1. The second kappa shape index (κ2) is 2.35. The molecule has 1 nitrogen and oxygen atoms in total. The highest BCUT2D eigenvalue weighted by Gasteiger charge is 1.94. The number of pyridine rings is 1. The summed E-state index contributed by atoms with van der Waals surface area (Å²) >= 11 is 0. The molecule has 0 spiro atoms. The average Bonchev–Trinajstić information content (AvgIpc) is 2.06. The fourth-order valence-electron chi connectivity index (χ4n) is 1.19. The van der Waals surface area contributed by atoms with Gasteiger partial charge in [0.25, 0.3) is 0 Å². The van der Waals surface area contributed by atoms with Crippen LogP contribution >= 0.6 is 0 Å². The van der Waals surface area contributed by atoms with Gasteiger partial charge in [-0.25, -0.2) is 0 Å². The number of rotatable bonds is 0. The molecule has 1 aromatic carbocycles. The molecule has 0 amide bonds. The molecule has 0 atom stereocenters. The molecule has 0 aliphatic rings. The molecule has 0 saturated carbocycles. The lowest BCUT2D eigenvalue weighted by atomic mass is 10.1. The van der Waals surface area contributed by atoms with Crippen LogP contribution in [0.5, 0.6) is 0 Å². The molecule has 53 valence electrons. The Morgan fingerprint density at radius 1 is 1.36 bits per heavy atom. The van der Waals surface area contributed by atoms with E-state index >= 15 is 0 Å². The minimum atomic E-state index is 1.05. The van der Waals surface area contributed by atoms with Gasteiger partial charge < -0.3 is 0 Å². The SMILES string of the molecule is Cc1[c]ccc2cccnc12. The maximum atomic E-state index is 4.25. The summed E-state index contributed by atoms with van der Waals surface area (Å²) in [5.41, 5.74) is 2.16. The van der Waals surface area contributed by atoms with Crippen molar-refractivity contribution in [3.8, 4) is 0 Å². The highest BCUT2D eigenvalue weighted by atomic mass is 14.6. The zero-order chi connectivity index (χ0) is 7.68. The number of fused-ring (bicyclic) bond motifs is 1. The van der Waals surface area contributed by atoms with Crippen LogP contribution in [0, 0.1) is 13.0 Å². The molecule has 1 aromatic heterocycles. The van der Waals surface area contributed by atoms with E-state index in [-0.39, 0.29) is 0 Å². The standard InChI is InChI=1S/C10H8N/c1-8-4-2-5-9-6-3-7-11-10(8)9/h2-3,5-7H,1H3. The third-order valence-corrected chi connectivity index (χ3v) is 1.76. The van der Waals surface area contributed by atoms with E-state index in [0.717, 1.165) is 11.1 Å². The van der Waals surface area contributed by atoms with Crippen LogP contribution in [0.2, 0.25) is 0 Å². The zero-order valence-electron chi connectivity index (χ0n) is 6.33. The van der Waals surface area contributed by atoms with Crippen LogP contribution in [0.3, 0.4) is 0 Å². The highest BCUT2D eigenvalue weighted by Crippen LogP contribution is 2.13. The van der Waals surface area contributed by atoms with Crippen molar-refractivity contribution in [2.75, 3.05) is 0 Å². The molecule has 11 heavy (non-hydrogen) atoms. The summed E-state index contributed by atoms with van der Waals surface area (Å²) in [6, 6.07) is 11.1. The van der Waals surface area contributed by atoms with Gasteiger partial charge in [0.1, 0.15) is 0 Å². The Hall–Kier alpha value is -1.37. The van der Waals surface area contributed by atoms with Gasteiger partial charge in [0.05, 0.1) is 5.52 Å². The van der Waals surface area contributed by atoms with E-state index in [9.17, 15) is 0 Å². The number of benzene rings is 1. The fraction of sp³-hybridized carbons (Fsp3) is 0.100. The van der Waals surface area contributed by atoms with Gasteiger partial charge in [0.2, 0.25) is 0 Å². The van der Waals surface area contributed by atoms with Crippen LogP contribution in [-0.2, 0) is 0 Å². The molecular formula is C10H8N. The summed E-state index contributed by atoms with van der Waals surface area (Å²) in [5, 5.41) is 1.18. The smallest absolute Gasteiger partial charge is 0.0737 e. The lowest BCUT2D eigenvalue weighted by molar-refractivity contribution is 1.36. The predicted octanol–water partition coefficient (Wildman–Crippen LogP) is 2.34. The first-order valence-electron chi connectivity index (χ1n) is 3.60. The van der Waals surface area contributed by atoms with Crippen LogP contribution in [0.1, 0.15) is 5.56 Å². The normalized spacial score (nSPS) is 10.3. The topological polar surface area (TPSA) is 12.9 Å². The van der Waals surface area contributed by atoms with Gasteiger partial charge in [-0.05, 0) is 24.6 Å². The van der Waals surface area contributed by atoms with E-state index in [1.165, 1.54) is 5.39 Å². The Balaban J connectivity index is 2.91. The first kappa shape index (κ1) is 6.35. The largest absolute Gasteiger partial charge is 0.256 e. The second-order valence-corrected chi connectivity index (χ2v) is 2.54. The van der Waals surface area contributed by atoms with Crippen molar-refractivity contribution in [1.29, 1.82) is 0 Å². The van der Waals surface area contributed by atoms with Crippen molar-refractivity contribution >= 4 is 10.9 Å². The molecular weight excluding hydrogens is 134 g/mol. The van der Waals surface area contributed by atoms with Gasteiger partial charge in [-0.15, -0.1) is 0 Å². The molecule has 0 saturated heterocycles. The van der Waals surface area contributed by atoms with Crippen LogP contribution in [0.25, 0.3) is 10.9 Å². The van der Waals surface area contributed by atoms with Gasteiger partial charge in [-0.3, -0.25) is 4.98 Å². The first-order chi connectivity index (χ1) is 5.38. The van der Waals surface area contributed by atoms with Crippen LogP contribution in [0.4, 0.5) is 0 Å². The zero-order valence-corrected chi connectivity index (χ0v) is 6.33. The predicted molar refractivity (Wildman–Crippen MR) is 45.3 cm³/mol. The molecule has 0 bridgehead atoms. The minimum Gasteiger partial charge on any atom is -0.256 e. The third-order valence-electron chi connectivity index (χ3n) is 1.76. The van der Waals surface area contributed by atoms with Crippen LogP contribution in [-0.4, -0.2) is 4.98 Å². The van der Waals surface area contributed by atoms with Gasteiger partial charge in [0.15, 0.2) is 0 Å². The maximum absolute atomic E-state index is 4.25. The Kier molecular flexibility index (Phi) is 1.35. The van der Waals surface area contributed by atoms with E-state index < -0.39 is 0 Å². The third kappa shape index (κ3) is 0.984. The summed E-state index contributed by atoms with van der Waals surface area (Å²) < 4.78 is 0. The summed E-state index contributed by atoms with van der Waals surface area (Å²) in [6.07, 6.45) is 1.81. The summed E-state index contributed by atoms with van der Waals surface area (Å²) in [5.74, 6) is 0. The summed E-state index contributed by atoms with van der Waals surface area (Å²) in [6.45, 7) is 2.02. The van der Waals surface area contributed by atoms with E-state index in [0.29, 0.717) is 0 Å². The van der Waals surface area contributed by atoms with Crippen molar-refractivity contribution in [2.45, 2.75) is 6.92 Å². The van der Waals surface area contributed by atoms with Gasteiger partial charge >= 0.3 is 0 Å². The molecule has 0 N–H and O–H groups in total. The van der Waals surface area contributed by atoms with E-state index in [4.69, 9.17) is 0 Å². The number of hydrogen-bond donors (Lipinski definition) is 0. The average molecular weight is 142 g/mol. The molecule has 2 aromatic rings. The van der Waals surface area contributed by atoms with Crippen molar-refractivity contribution in [1.82, 2.24) is 4.98 Å². The van der Waals surface area contributed by atoms with Gasteiger partial charge in [-0.2, -0.15) is 0 Å². The Morgan fingerprint density at radius 2 is 2.27 bits per heavy atom. The molecule has 1 heterocycles. The van der Waals surface area contributed by atoms with Crippen LogP contribution in [0.15, 0.2) is 30.5 Å². The summed E-state index contributed by atoms with van der Waals surface area (Å²) in [4.78, 5) is 4.25. The first-order valence-corrected chi connectivity index (χ1v) is 3.60. The minimum absolute atomic E-state index is 1.05. The molecule has 0 aliphatic carbocycles. The Morgan fingerprint density at radius 3 is 3.09 bits per heavy atom. The molecule has 2 rings (SSSR count). The molecule has 0 fully saturated rings. The lowest BCUT2D eigenvalue weighted by Gasteiger charge is -1.97. The number of aromatic nitrogens is 1. The highest BCUT2D eigenvalue weighted by molar-refractivity contribution is 5.80. The monoisotopic (exact) mass is 142 g/mol. The lowest BCUT2D eigenvalue weighted by Crippen LogP contribution is -1.80. The second-order valence-electron chi connectivity index (χ2n) is 2.54. The van der Waals surface area contributed by atoms with Crippen molar-refractivity contribution < 1.29 is 0 Å².